The van der Waals surface area contributed by atoms with Gasteiger partial charge in [-0.2, -0.15) is 0 Å². The maximum Gasteiger partial charge on any atom is 0.373 e. The van der Waals surface area contributed by atoms with E-state index < -0.39 is 26.8 Å². The van der Waals surface area contributed by atoms with Gasteiger partial charge in [-0.15, -0.1) is 0 Å². The average Bonchev–Trinajstić information content (AvgIpc) is 3.10. The minimum atomic E-state index is -5.45. The largest absolute Gasteiger partial charge is 0.373 e. The Bertz CT molecular complexity index is 692. The molecular weight excluding hydrogens is 442 g/mol. The van der Waals surface area contributed by atoms with Crippen molar-refractivity contribution in [1.82, 2.24) is 4.57 Å². The molecule has 0 spiro atoms. The van der Waals surface area contributed by atoms with Gasteiger partial charge < -0.3 is 24.7 Å². The fourth-order valence-electron chi connectivity index (χ4n) is 3.58. The topological polar surface area (TPSA) is 144 Å². The van der Waals surface area contributed by atoms with Gasteiger partial charge in [-0.3, -0.25) is 9.13 Å². The number of rotatable bonds is 18. The number of hydrogen-bond donors (Lipinski definition) is 5. The highest BCUT2D eigenvalue weighted by Gasteiger charge is 2.61. The average molecular weight is 484 g/mol. The number of unbranched alkanes of at least 4 members (excludes halogenated alkanes) is 12. The van der Waals surface area contributed by atoms with Crippen LogP contribution < -0.4 is 4.57 Å². The van der Waals surface area contributed by atoms with Gasteiger partial charge in [0.1, 0.15) is 18.9 Å². The van der Waals surface area contributed by atoms with Gasteiger partial charge in [-0.1, -0.05) is 77.6 Å². The van der Waals surface area contributed by atoms with Gasteiger partial charge in [0.25, 0.3) is 0 Å². The van der Waals surface area contributed by atoms with Crippen molar-refractivity contribution in [2.45, 2.75) is 109 Å². The van der Waals surface area contributed by atoms with Gasteiger partial charge in [0.05, 0.1) is 6.54 Å². The molecule has 1 heterocycles. The summed E-state index contributed by atoms with van der Waals surface area (Å²) in [6.07, 6.45) is 20.9. The van der Waals surface area contributed by atoms with E-state index in [0.29, 0.717) is 6.54 Å². The normalized spacial score (nSPS) is 13.1. The van der Waals surface area contributed by atoms with E-state index in [1.807, 2.05) is 0 Å². The second-order valence-corrected chi connectivity index (χ2v) is 12.4. The summed E-state index contributed by atoms with van der Waals surface area (Å²) in [4.78, 5) is 36.9. The first kappa shape index (κ1) is 28.5. The number of imidazole rings is 1. The predicted octanol–water partition coefficient (Wildman–Crippen LogP) is 3.87. The van der Waals surface area contributed by atoms with Gasteiger partial charge in [0.2, 0.25) is 6.33 Å². The summed E-state index contributed by atoms with van der Waals surface area (Å²) in [6, 6.07) is 0. The molecule has 11 heteroatoms. The number of aryl methyl sites for hydroxylation is 1. The summed E-state index contributed by atoms with van der Waals surface area (Å²) < 4.78 is 25.9. The van der Waals surface area contributed by atoms with Gasteiger partial charge >= 0.3 is 20.3 Å². The summed E-state index contributed by atoms with van der Waals surface area (Å²) in [5.41, 5.74) is 0. The Kier molecular flexibility index (Phi) is 12.8. The quantitative estimate of drug-likeness (QED) is 0.121. The van der Waals surface area contributed by atoms with Crippen LogP contribution in [-0.4, -0.2) is 34.3 Å². The Balaban J connectivity index is 2.21. The summed E-state index contributed by atoms with van der Waals surface area (Å²) in [5.74, 6) is 0. The molecule has 0 amide bonds. The molecule has 0 bridgehead atoms. The Morgan fingerprint density at radius 2 is 1.19 bits per heavy atom. The third-order valence-electron chi connectivity index (χ3n) is 5.59. The third-order valence-corrected chi connectivity index (χ3v) is 9.31. The summed E-state index contributed by atoms with van der Waals surface area (Å²) in [7, 11) is -10.9. The molecule has 0 radical (unpaired) electrons. The van der Waals surface area contributed by atoms with Crippen LogP contribution in [0.5, 0.6) is 0 Å². The highest BCUT2D eigenvalue weighted by molar-refractivity contribution is 7.72. The lowest BCUT2D eigenvalue weighted by molar-refractivity contribution is -0.697. The maximum atomic E-state index is 11.5. The van der Waals surface area contributed by atoms with Crippen molar-refractivity contribution >= 4 is 15.2 Å². The molecule has 9 nitrogen and oxygen atoms in total. The lowest BCUT2D eigenvalue weighted by Gasteiger charge is -2.27. The fraction of sp³-hybridized carbons (Fsp3) is 0.850. The van der Waals surface area contributed by atoms with E-state index in [-0.39, 0.29) is 0 Å². The van der Waals surface area contributed by atoms with Crippen LogP contribution in [0.25, 0.3) is 0 Å². The molecule has 0 saturated carbocycles. The van der Waals surface area contributed by atoms with E-state index in [1.54, 1.807) is 10.8 Å². The van der Waals surface area contributed by atoms with E-state index in [4.69, 9.17) is 0 Å². The first-order valence-corrected chi connectivity index (χ1v) is 14.6. The smallest absolute Gasteiger partial charge is 0.365 e. The van der Waals surface area contributed by atoms with E-state index in [2.05, 4.69) is 6.92 Å². The van der Waals surface area contributed by atoms with Crippen molar-refractivity contribution in [2.24, 2.45) is 0 Å². The SMILES string of the molecule is CCCCCCCCCCCCCCC[n+]1ccn(CC(O)(P(=O)(O)O)P(=O)(O)O)c1. The zero-order chi connectivity index (χ0) is 23.4. The van der Waals surface area contributed by atoms with Crippen molar-refractivity contribution in [3.8, 4) is 0 Å². The molecule has 182 valence electrons. The van der Waals surface area contributed by atoms with Gasteiger partial charge in [0.15, 0.2) is 0 Å². The first-order chi connectivity index (χ1) is 14.5. The summed E-state index contributed by atoms with van der Waals surface area (Å²) in [5, 5.41) is 6.55. The third kappa shape index (κ3) is 10.3. The number of aliphatic hydroxyl groups is 1. The molecule has 0 aliphatic heterocycles. The van der Waals surface area contributed by atoms with E-state index in [0.717, 1.165) is 19.3 Å². The molecular formula is C20H41N2O7P2+. The van der Waals surface area contributed by atoms with Crippen LogP contribution in [0, 0.1) is 0 Å². The van der Waals surface area contributed by atoms with Crippen LogP contribution in [-0.2, 0) is 22.2 Å². The van der Waals surface area contributed by atoms with Crippen molar-refractivity contribution in [2.75, 3.05) is 0 Å². The zero-order valence-electron chi connectivity index (χ0n) is 18.7. The van der Waals surface area contributed by atoms with Crippen LogP contribution in [0.3, 0.4) is 0 Å². The van der Waals surface area contributed by atoms with Gasteiger partial charge in [-0.25, -0.2) is 9.13 Å². The van der Waals surface area contributed by atoms with Crippen LogP contribution in [0.15, 0.2) is 18.7 Å². The molecule has 0 aliphatic carbocycles. The predicted molar refractivity (Wildman–Crippen MR) is 119 cm³/mol. The van der Waals surface area contributed by atoms with Crippen molar-refractivity contribution in [1.29, 1.82) is 0 Å². The lowest BCUT2D eigenvalue weighted by Crippen LogP contribution is -2.35. The molecule has 1 aromatic rings. The molecule has 5 N–H and O–H groups in total. The maximum absolute atomic E-state index is 11.5. The van der Waals surface area contributed by atoms with Crippen LogP contribution in [0.2, 0.25) is 0 Å². The molecule has 0 saturated heterocycles. The fourth-order valence-corrected chi connectivity index (χ4v) is 5.63. The lowest BCUT2D eigenvalue weighted by atomic mass is 10.0. The van der Waals surface area contributed by atoms with Crippen LogP contribution >= 0.6 is 15.2 Å². The highest BCUT2D eigenvalue weighted by Crippen LogP contribution is 2.67. The van der Waals surface area contributed by atoms with Gasteiger partial charge in [-0.05, 0) is 12.8 Å². The highest BCUT2D eigenvalue weighted by atomic mass is 31.2. The molecule has 1 rings (SSSR count). The second-order valence-electron chi connectivity index (χ2n) is 8.43. The minimum absolute atomic E-state index is 0.689. The van der Waals surface area contributed by atoms with E-state index in [1.165, 1.54) is 81.3 Å². The van der Waals surface area contributed by atoms with Gasteiger partial charge in [0, 0.05) is 0 Å². The molecule has 0 aliphatic rings. The van der Waals surface area contributed by atoms with E-state index >= 15 is 0 Å². The Morgan fingerprint density at radius 3 is 1.61 bits per heavy atom. The monoisotopic (exact) mass is 483 g/mol. The number of nitrogens with zero attached hydrogens (tertiary/aromatic N) is 2. The number of hydrogen-bond acceptors (Lipinski definition) is 3. The van der Waals surface area contributed by atoms with Crippen LogP contribution in [0.4, 0.5) is 0 Å². The molecule has 31 heavy (non-hydrogen) atoms. The minimum Gasteiger partial charge on any atom is -0.365 e. The molecule has 0 unspecified atom stereocenters. The van der Waals surface area contributed by atoms with Crippen LogP contribution in [0.1, 0.15) is 90.4 Å². The first-order valence-electron chi connectivity index (χ1n) is 11.4. The number of aromatic nitrogens is 2. The van der Waals surface area contributed by atoms with E-state index in [9.17, 15) is 33.8 Å². The Labute approximate surface area is 185 Å². The molecule has 1 aromatic heterocycles. The zero-order valence-corrected chi connectivity index (χ0v) is 20.5. The molecule has 0 atom stereocenters. The standard InChI is InChI=1S/C20H40N2O7P2/c1-2-3-4-5-6-7-8-9-10-11-12-13-14-15-21-16-17-22(19-21)18-20(23,30(24,25)26)31(27,28)29/h16-17,19,23H,2-15,18H2,1H3,(H3-,24,25,26,27,28,29)/p+1. The Morgan fingerprint density at radius 1 is 0.774 bits per heavy atom. The summed E-state index contributed by atoms with van der Waals surface area (Å²) >= 11 is 0. The Hall–Kier alpha value is -0.530. The van der Waals surface area contributed by atoms with Crippen molar-refractivity contribution in [3.63, 3.8) is 0 Å². The van der Waals surface area contributed by atoms with Crippen molar-refractivity contribution < 1.29 is 38.4 Å². The molecule has 0 aromatic carbocycles. The molecule has 0 fully saturated rings. The van der Waals surface area contributed by atoms with Crippen molar-refractivity contribution in [3.05, 3.63) is 18.7 Å². The summed E-state index contributed by atoms with van der Waals surface area (Å²) in [6.45, 7) is 2.03. The second kappa shape index (κ2) is 13.9.